The summed E-state index contributed by atoms with van der Waals surface area (Å²) in [6.07, 6.45) is 2.01. The van der Waals surface area contributed by atoms with E-state index in [9.17, 15) is 0 Å². The summed E-state index contributed by atoms with van der Waals surface area (Å²) in [4.78, 5) is 0. The molecule has 0 saturated heterocycles. The molecule has 0 aliphatic heterocycles. The minimum absolute atomic E-state index is 0.502. The third-order valence-electron chi connectivity index (χ3n) is 3.58. The van der Waals surface area contributed by atoms with E-state index in [-0.39, 0.29) is 0 Å². The molecule has 0 unspecified atom stereocenters. The Bertz CT molecular complexity index is 547. The molecule has 2 rings (SSSR count). The van der Waals surface area contributed by atoms with Crippen molar-refractivity contribution in [2.24, 2.45) is 0 Å². The Labute approximate surface area is 110 Å². The zero-order valence-corrected chi connectivity index (χ0v) is 12.4. The summed E-state index contributed by atoms with van der Waals surface area (Å²) in [5, 5.41) is 4.64. The number of rotatable bonds is 3. The summed E-state index contributed by atoms with van der Waals surface area (Å²) < 4.78 is 2.12. The predicted molar refractivity (Wildman–Crippen MR) is 77.5 cm³/mol. The minimum atomic E-state index is 0.502. The molecule has 0 aliphatic rings. The van der Waals surface area contributed by atoms with Crippen LogP contribution in [0.2, 0.25) is 0 Å². The molecule has 0 saturated carbocycles. The van der Waals surface area contributed by atoms with E-state index in [2.05, 4.69) is 63.3 Å². The molecule has 2 heterocycles. The Morgan fingerprint density at radius 3 is 2.06 bits per heavy atom. The molecule has 0 aliphatic carbocycles. The molecule has 2 aromatic heterocycles. The van der Waals surface area contributed by atoms with Gasteiger partial charge in [0.1, 0.15) is 0 Å². The predicted octanol–water partition coefficient (Wildman–Crippen LogP) is 4.70. The van der Waals surface area contributed by atoms with Crippen molar-refractivity contribution in [2.45, 2.75) is 59.3 Å². The minimum Gasteiger partial charge on any atom is -0.237 e. The Morgan fingerprint density at radius 2 is 1.56 bits per heavy atom. The lowest BCUT2D eigenvalue weighted by molar-refractivity contribution is 0.748. The van der Waals surface area contributed by atoms with E-state index in [4.69, 9.17) is 0 Å². The van der Waals surface area contributed by atoms with E-state index in [0.717, 1.165) is 0 Å². The van der Waals surface area contributed by atoms with Crippen LogP contribution in [0.25, 0.3) is 5.52 Å². The molecule has 2 aromatic rings. The lowest BCUT2D eigenvalue weighted by atomic mass is 10.0. The first-order valence-electron chi connectivity index (χ1n) is 6.93. The number of hydrogen-bond donors (Lipinski definition) is 0. The third-order valence-corrected chi connectivity index (χ3v) is 3.58. The fraction of sp³-hybridized carbons (Fsp3) is 0.562. The van der Waals surface area contributed by atoms with Crippen molar-refractivity contribution in [3.05, 3.63) is 35.2 Å². The van der Waals surface area contributed by atoms with E-state index in [1.807, 2.05) is 6.20 Å². The van der Waals surface area contributed by atoms with Gasteiger partial charge in [-0.3, -0.25) is 0 Å². The van der Waals surface area contributed by atoms with Crippen LogP contribution in [0.1, 0.15) is 76.1 Å². The maximum Gasteiger partial charge on any atom is 0.0687 e. The van der Waals surface area contributed by atoms with Crippen LogP contribution in [-0.2, 0) is 0 Å². The Hall–Kier alpha value is -1.31. The molecule has 0 atom stereocenters. The summed E-state index contributed by atoms with van der Waals surface area (Å²) in [7, 11) is 0. The normalized spacial score (nSPS) is 12.3. The van der Waals surface area contributed by atoms with Crippen molar-refractivity contribution in [3.8, 4) is 0 Å². The van der Waals surface area contributed by atoms with Crippen LogP contribution >= 0.6 is 0 Å². The highest BCUT2D eigenvalue weighted by Crippen LogP contribution is 2.29. The number of aromatic nitrogens is 2. The summed E-state index contributed by atoms with van der Waals surface area (Å²) in [6.45, 7) is 13.4. The second kappa shape index (κ2) is 4.75. The second-order valence-electron chi connectivity index (χ2n) is 6.07. The Balaban J connectivity index is 2.71. The highest BCUT2D eigenvalue weighted by molar-refractivity contribution is 5.59. The highest BCUT2D eigenvalue weighted by Gasteiger charge is 2.15. The number of fused-ring (bicyclic) bond motifs is 1. The smallest absolute Gasteiger partial charge is 0.0687 e. The first kappa shape index (κ1) is 13.1. The van der Waals surface area contributed by atoms with Crippen LogP contribution in [-0.4, -0.2) is 9.61 Å². The molecule has 0 aromatic carbocycles. The third kappa shape index (κ3) is 2.16. The molecule has 0 N–H and O–H groups in total. The fourth-order valence-electron chi connectivity index (χ4n) is 2.34. The molecule has 0 fully saturated rings. The number of nitrogens with zero attached hydrogens (tertiary/aromatic N) is 2. The first-order chi connectivity index (χ1) is 8.41. The highest BCUT2D eigenvalue weighted by atomic mass is 15.2. The topological polar surface area (TPSA) is 17.3 Å². The maximum absolute atomic E-state index is 4.64. The lowest BCUT2D eigenvalue weighted by Gasteiger charge is -2.09. The van der Waals surface area contributed by atoms with Crippen LogP contribution in [0.3, 0.4) is 0 Å². The van der Waals surface area contributed by atoms with Crippen LogP contribution < -0.4 is 0 Å². The van der Waals surface area contributed by atoms with Crippen molar-refractivity contribution in [1.82, 2.24) is 9.61 Å². The Morgan fingerprint density at radius 1 is 0.889 bits per heavy atom. The van der Waals surface area contributed by atoms with Crippen molar-refractivity contribution in [2.75, 3.05) is 0 Å². The average Bonchev–Trinajstić information content (AvgIpc) is 2.67. The van der Waals surface area contributed by atoms with Gasteiger partial charge in [-0.2, -0.15) is 5.10 Å². The summed E-state index contributed by atoms with van der Waals surface area (Å²) in [6, 6.07) is 4.63. The van der Waals surface area contributed by atoms with Crippen LogP contribution in [0.4, 0.5) is 0 Å². The van der Waals surface area contributed by atoms with E-state index in [0.29, 0.717) is 17.8 Å². The van der Waals surface area contributed by atoms with Gasteiger partial charge in [-0.15, -0.1) is 0 Å². The molecule has 0 bridgehead atoms. The van der Waals surface area contributed by atoms with Gasteiger partial charge < -0.3 is 0 Å². The zero-order valence-electron chi connectivity index (χ0n) is 12.4. The molecular formula is C16H24N2. The van der Waals surface area contributed by atoms with Crippen LogP contribution in [0, 0.1) is 0 Å². The summed E-state index contributed by atoms with van der Waals surface area (Å²) in [5.74, 6) is 1.57. The average molecular weight is 244 g/mol. The first-order valence-corrected chi connectivity index (χ1v) is 6.93. The van der Waals surface area contributed by atoms with Gasteiger partial charge in [-0.05, 0) is 41.0 Å². The molecular weight excluding hydrogens is 220 g/mol. The Kier molecular flexibility index (Phi) is 3.47. The van der Waals surface area contributed by atoms with Crippen molar-refractivity contribution >= 4 is 5.52 Å². The summed E-state index contributed by atoms with van der Waals surface area (Å²) in [5.41, 5.74) is 5.32. The molecule has 2 nitrogen and oxygen atoms in total. The largest absolute Gasteiger partial charge is 0.237 e. The van der Waals surface area contributed by atoms with E-state index in [1.54, 1.807) is 0 Å². The van der Waals surface area contributed by atoms with E-state index < -0.39 is 0 Å². The van der Waals surface area contributed by atoms with E-state index >= 15 is 0 Å². The number of hydrogen-bond acceptors (Lipinski definition) is 1. The van der Waals surface area contributed by atoms with Gasteiger partial charge in [0.15, 0.2) is 0 Å². The van der Waals surface area contributed by atoms with Gasteiger partial charge >= 0.3 is 0 Å². The van der Waals surface area contributed by atoms with Gasteiger partial charge in [0.2, 0.25) is 0 Å². The van der Waals surface area contributed by atoms with E-state index in [1.165, 1.54) is 22.3 Å². The molecule has 98 valence electrons. The SMILES string of the molecule is CC(C)c1cnn2c(C(C)C)cc(C(C)C)c2c1. The molecule has 0 radical (unpaired) electrons. The zero-order chi connectivity index (χ0) is 13.4. The van der Waals surface area contributed by atoms with Crippen molar-refractivity contribution in [3.63, 3.8) is 0 Å². The van der Waals surface area contributed by atoms with Gasteiger partial charge in [0, 0.05) is 5.69 Å². The quantitative estimate of drug-likeness (QED) is 0.764. The summed E-state index contributed by atoms with van der Waals surface area (Å²) >= 11 is 0. The molecule has 18 heavy (non-hydrogen) atoms. The van der Waals surface area contributed by atoms with Crippen molar-refractivity contribution in [1.29, 1.82) is 0 Å². The second-order valence-corrected chi connectivity index (χ2v) is 6.07. The lowest BCUT2D eigenvalue weighted by Crippen LogP contribution is -2.01. The molecule has 0 spiro atoms. The van der Waals surface area contributed by atoms with Crippen LogP contribution in [0.15, 0.2) is 18.3 Å². The fourth-order valence-corrected chi connectivity index (χ4v) is 2.34. The monoisotopic (exact) mass is 244 g/mol. The van der Waals surface area contributed by atoms with Gasteiger partial charge in [0.05, 0.1) is 11.7 Å². The van der Waals surface area contributed by atoms with Crippen LogP contribution in [0.5, 0.6) is 0 Å². The molecule has 2 heteroatoms. The van der Waals surface area contributed by atoms with Crippen molar-refractivity contribution < 1.29 is 0 Å². The standard InChI is InChI=1S/C16H24N2/c1-10(2)13-7-16-14(11(3)4)8-15(12(5)6)18(16)17-9-13/h7-12H,1-6H3. The van der Waals surface area contributed by atoms with Gasteiger partial charge in [-0.1, -0.05) is 41.5 Å². The van der Waals surface area contributed by atoms with Gasteiger partial charge in [-0.25, -0.2) is 4.52 Å². The van der Waals surface area contributed by atoms with Gasteiger partial charge in [0.25, 0.3) is 0 Å². The maximum atomic E-state index is 4.64. The molecule has 0 amide bonds.